The molecule has 0 aliphatic heterocycles. The fourth-order valence-corrected chi connectivity index (χ4v) is 2.30. The molecule has 0 N–H and O–H groups in total. The number of hydrogen-bond donors (Lipinski definition) is 0. The van der Waals surface area contributed by atoms with E-state index >= 15 is 0 Å². The maximum atomic E-state index is 11.6. The minimum atomic E-state index is -6.73. The van der Waals surface area contributed by atoms with Crippen LogP contribution in [0.1, 0.15) is 0 Å². The topological polar surface area (TPSA) is 0 Å². The summed E-state index contributed by atoms with van der Waals surface area (Å²) in [5.41, 5.74) is 0. The Morgan fingerprint density at radius 2 is 0.962 bits per heavy atom. The van der Waals surface area contributed by atoms with Gasteiger partial charge in [0.1, 0.15) is 0 Å². The van der Waals surface area contributed by atoms with Gasteiger partial charge in [-0.05, 0) is 24.3 Å². The van der Waals surface area contributed by atoms with Gasteiger partial charge in [0, 0.05) is 9.79 Å². The van der Waals surface area contributed by atoms with Gasteiger partial charge in [-0.3, -0.25) is 0 Å². The first-order valence-electron chi connectivity index (χ1n) is 6.78. The van der Waals surface area contributed by atoms with E-state index in [1.165, 1.54) is 9.79 Å². The summed E-state index contributed by atoms with van der Waals surface area (Å²) in [6.07, 6.45) is -11.8. The molecule has 2 aromatic carbocycles. The zero-order chi connectivity index (χ0) is 20.0. The van der Waals surface area contributed by atoms with Crippen molar-refractivity contribution in [3.05, 3.63) is 60.7 Å². The third-order valence-electron chi connectivity index (χ3n) is 2.77. The highest BCUT2D eigenvalue weighted by Gasteiger charge is 2.76. The van der Waals surface area contributed by atoms with Gasteiger partial charge < -0.3 is 0 Å². The second kappa shape index (κ2) is 8.70. The Morgan fingerprint density at radius 3 is 1.19 bits per heavy atom. The highest BCUT2D eigenvalue weighted by Crippen LogP contribution is 2.48. The van der Waals surface area contributed by atoms with Crippen LogP contribution in [0, 0.1) is 0 Å². The highest BCUT2D eigenvalue weighted by atomic mass is 32.2. The smallest absolute Gasteiger partial charge is 0.203 e. The Morgan fingerprint density at radius 1 is 0.615 bits per heavy atom. The Bertz CT molecular complexity index is 617. The number of benzene rings is 2. The van der Waals surface area contributed by atoms with Gasteiger partial charge in [-0.2, -0.15) is 30.7 Å². The lowest BCUT2D eigenvalue weighted by atomic mass is 10.2. The fourth-order valence-electron chi connectivity index (χ4n) is 1.44. The summed E-state index contributed by atoms with van der Waals surface area (Å²) in [4.78, 5) is 2.57. The van der Waals surface area contributed by atoms with Crippen molar-refractivity contribution in [2.75, 3.05) is 0 Å². The maximum Gasteiger partial charge on any atom is 0.460 e. The normalized spacial score (nSPS) is 12.5. The first-order valence-corrected chi connectivity index (χ1v) is 7.59. The summed E-state index contributed by atoms with van der Waals surface area (Å²) in [6.45, 7) is 0. The lowest BCUT2D eigenvalue weighted by Gasteiger charge is -2.27. The molecule has 144 valence electrons. The third-order valence-corrected chi connectivity index (χ3v) is 3.79. The van der Waals surface area contributed by atoms with Gasteiger partial charge in [-0.25, -0.2) is 8.78 Å². The van der Waals surface area contributed by atoms with Crippen molar-refractivity contribution in [2.24, 2.45) is 0 Å². The molecule has 0 unspecified atom stereocenters. The summed E-state index contributed by atoms with van der Waals surface area (Å²) < 4.78 is 102. The summed E-state index contributed by atoms with van der Waals surface area (Å²) in [6, 6.07) is 20.8. The molecule has 0 radical (unpaired) electrons. The molecule has 2 rings (SSSR count). The van der Waals surface area contributed by atoms with Crippen LogP contribution >= 0.6 is 11.8 Å². The number of alkyl halides is 9. The van der Waals surface area contributed by atoms with E-state index in [0.29, 0.717) is 0 Å². The molecule has 0 aromatic heterocycles. The lowest BCUT2D eigenvalue weighted by molar-refractivity contribution is -0.375. The molecular weight excluding hydrogens is 395 g/mol. The molecule has 0 fully saturated rings. The quantitative estimate of drug-likeness (QED) is 0.497. The van der Waals surface area contributed by atoms with Gasteiger partial charge in [-0.1, -0.05) is 48.2 Å². The molecule has 0 nitrogen and oxygen atoms in total. The maximum absolute atomic E-state index is 11.6. The summed E-state index contributed by atoms with van der Waals surface area (Å²) >= 11 is 1.79. The summed E-state index contributed by atoms with van der Waals surface area (Å²) in [5.74, 6) is -13.1. The molecule has 26 heavy (non-hydrogen) atoms. The Kier molecular flexibility index (Phi) is 7.43. The second-order valence-corrected chi connectivity index (χ2v) is 5.87. The van der Waals surface area contributed by atoms with Crippen LogP contribution in [0.3, 0.4) is 0 Å². The molecule has 0 saturated heterocycles. The molecule has 0 aliphatic carbocycles. The Labute approximate surface area is 147 Å². The summed E-state index contributed by atoms with van der Waals surface area (Å²) in [7, 11) is 0. The van der Waals surface area contributed by atoms with Crippen LogP contribution in [0.15, 0.2) is 70.5 Å². The van der Waals surface area contributed by atoms with Crippen molar-refractivity contribution in [3.8, 4) is 0 Å². The Balaban J connectivity index is 0.000000260. The van der Waals surface area contributed by atoms with Crippen LogP contribution in [0.25, 0.3) is 0 Å². The summed E-state index contributed by atoms with van der Waals surface area (Å²) in [5, 5.41) is 0. The lowest BCUT2D eigenvalue weighted by Crippen LogP contribution is -2.55. The van der Waals surface area contributed by atoms with Crippen LogP contribution in [0.2, 0.25) is 0 Å². The van der Waals surface area contributed by atoms with Gasteiger partial charge in [0.15, 0.2) is 0 Å². The van der Waals surface area contributed by atoms with Crippen LogP contribution in [-0.2, 0) is 0 Å². The van der Waals surface area contributed by atoms with Crippen molar-refractivity contribution in [1.82, 2.24) is 0 Å². The van der Waals surface area contributed by atoms with E-state index in [-0.39, 0.29) is 0 Å². The fraction of sp³-hybridized carbons (Fsp3) is 0.250. The molecule has 0 spiro atoms. The molecule has 0 atom stereocenters. The average molecular weight is 406 g/mol. The predicted molar refractivity (Wildman–Crippen MR) is 79.0 cm³/mol. The van der Waals surface area contributed by atoms with Crippen molar-refractivity contribution >= 4 is 11.8 Å². The largest absolute Gasteiger partial charge is 0.460 e. The van der Waals surface area contributed by atoms with E-state index in [2.05, 4.69) is 48.5 Å². The SMILES string of the molecule is FC(F)C(F)(F)C(F)(F)C(F)(F)F.c1ccc(Sc2ccccc2)cc1. The van der Waals surface area contributed by atoms with Gasteiger partial charge in [0.25, 0.3) is 0 Å². The molecule has 0 aliphatic rings. The monoisotopic (exact) mass is 406 g/mol. The molecule has 2 aromatic rings. The predicted octanol–water partition coefficient (Wildman–Crippen LogP) is 6.92. The van der Waals surface area contributed by atoms with Crippen LogP contribution in [0.5, 0.6) is 0 Å². The first-order chi connectivity index (χ1) is 11.9. The first kappa shape index (κ1) is 22.2. The zero-order valence-corrected chi connectivity index (χ0v) is 13.5. The van der Waals surface area contributed by atoms with Crippen molar-refractivity contribution < 1.29 is 39.5 Å². The minimum absolute atomic E-state index is 1.29. The third kappa shape index (κ3) is 5.58. The molecule has 0 saturated carbocycles. The Hall–Kier alpha value is -1.84. The zero-order valence-electron chi connectivity index (χ0n) is 12.7. The molecule has 0 bridgehead atoms. The van der Waals surface area contributed by atoms with Gasteiger partial charge >= 0.3 is 24.4 Å². The van der Waals surface area contributed by atoms with E-state index in [4.69, 9.17) is 0 Å². The van der Waals surface area contributed by atoms with Gasteiger partial charge in [0.2, 0.25) is 0 Å². The van der Waals surface area contributed by atoms with Crippen molar-refractivity contribution in [3.63, 3.8) is 0 Å². The molecule has 0 heterocycles. The minimum Gasteiger partial charge on any atom is -0.203 e. The van der Waals surface area contributed by atoms with Crippen LogP contribution < -0.4 is 0 Å². The van der Waals surface area contributed by atoms with Crippen molar-refractivity contribution in [2.45, 2.75) is 34.2 Å². The van der Waals surface area contributed by atoms with Gasteiger partial charge in [-0.15, -0.1) is 0 Å². The van der Waals surface area contributed by atoms with E-state index in [0.717, 1.165) is 0 Å². The molecular formula is C16H11F9S. The standard InChI is InChI=1S/C12H10S.C4HF9/c1-3-7-11(8-4-1)13-12-9-5-2-6-10-12;5-1(6)2(7,8)3(9,10)4(11,12)13/h1-10H;1H. The highest BCUT2D eigenvalue weighted by molar-refractivity contribution is 7.99. The van der Waals surface area contributed by atoms with Gasteiger partial charge in [0.05, 0.1) is 0 Å². The number of hydrogen-bond acceptors (Lipinski definition) is 1. The van der Waals surface area contributed by atoms with Crippen molar-refractivity contribution in [1.29, 1.82) is 0 Å². The van der Waals surface area contributed by atoms with E-state index in [9.17, 15) is 39.5 Å². The average Bonchev–Trinajstić information content (AvgIpc) is 2.56. The number of halogens is 9. The second-order valence-electron chi connectivity index (χ2n) is 4.72. The van der Waals surface area contributed by atoms with Crippen LogP contribution in [-0.4, -0.2) is 24.4 Å². The molecule has 10 heteroatoms. The van der Waals surface area contributed by atoms with E-state index in [1.807, 2.05) is 12.1 Å². The molecule has 0 amide bonds. The van der Waals surface area contributed by atoms with E-state index < -0.39 is 24.4 Å². The van der Waals surface area contributed by atoms with E-state index in [1.54, 1.807) is 11.8 Å². The number of rotatable bonds is 4. The van der Waals surface area contributed by atoms with Crippen LogP contribution in [0.4, 0.5) is 39.5 Å².